The van der Waals surface area contributed by atoms with Gasteiger partial charge in [-0.1, -0.05) is 11.6 Å². The second-order valence-electron chi connectivity index (χ2n) is 4.36. The number of halogens is 2. The number of rotatable bonds is 5. The molecule has 0 aliphatic carbocycles. The van der Waals surface area contributed by atoms with E-state index in [0.29, 0.717) is 15.1 Å². The average Bonchev–Trinajstić information content (AvgIpc) is 2.31. The summed E-state index contributed by atoms with van der Waals surface area (Å²) in [5.41, 5.74) is 0.482. The molecule has 0 heterocycles. The molecule has 0 atom stereocenters. The van der Waals surface area contributed by atoms with Crippen LogP contribution in [-0.4, -0.2) is 34.5 Å². The van der Waals surface area contributed by atoms with Gasteiger partial charge in [-0.2, -0.15) is 0 Å². The fraction of sp³-hybridized carbons (Fsp3) is 0.385. The van der Waals surface area contributed by atoms with Crippen molar-refractivity contribution < 1.29 is 14.7 Å². The number of carboxylic acid groups (broad SMARTS) is 1. The van der Waals surface area contributed by atoms with Crippen molar-refractivity contribution in [3.63, 3.8) is 0 Å². The third kappa shape index (κ3) is 4.51. The first-order chi connectivity index (χ1) is 8.82. The summed E-state index contributed by atoms with van der Waals surface area (Å²) in [4.78, 5) is 24.5. The zero-order valence-electron chi connectivity index (χ0n) is 10.7. The van der Waals surface area contributed by atoms with Crippen molar-refractivity contribution in [2.45, 2.75) is 26.3 Å². The SMILES string of the molecule is CC(C)N(CCC(=O)O)C(=O)c1ccc(Cl)c(Br)c1. The molecular weight excluding hydrogens is 334 g/mol. The molecule has 0 saturated carbocycles. The lowest BCUT2D eigenvalue weighted by Gasteiger charge is -2.26. The Morgan fingerprint density at radius 3 is 2.53 bits per heavy atom. The first-order valence-electron chi connectivity index (χ1n) is 5.80. The quantitative estimate of drug-likeness (QED) is 0.887. The van der Waals surface area contributed by atoms with Crippen LogP contribution in [0.25, 0.3) is 0 Å². The van der Waals surface area contributed by atoms with Crippen LogP contribution in [0, 0.1) is 0 Å². The highest BCUT2D eigenvalue weighted by atomic mass is 79.9. The molecule has 0 bridgehead atoms. The Labute approximate surface area is 125 Å². The van der Waals surface area contributed by atoms with E-state index in [1.807, 2.05) is 13.8 Å². The highest BCUT2D eigenvalue weighted by Gasteiger charge is 2.20. The van der Waals surface area contributed by atoms with Crippen molar-refractivity contribution in [3.8, 4) is 0 Å². The van der Waals surface area contributed by atoms with E-state index in [2.05, 4.69) is 15.9 Å². The van der Waals surface area contributed by atoms with E-state index in [1.165, 1.54) is 4.90 Å². The molecule has 1 N–H and O–H groups in total. The molecule has 0 aliphatic heterocycles. The summed E-state index contributed by atoms with van der Waals surface area (Å²) in [6, 6.07) is 4.84. The van der Waals surface area contributed by atoms with Gasteiger partial charge in [0.1, 0.15) is 0 Å². The van der Waals surface area contributed by atoms with E-state index in [9.17, 15) is 9.59 Å². The molecule has 0 aromatic heterocycles. The minimum atomic E-state index is -0.921. The average molecular weight is 349 g/mol. The summed E-state index contributed by atoms with van der Waals surface area (Å²) in [5.74, 6) is -1.12. The standard InChI is InChI=1S/C13H15BrClNO3/c1-8(2)16(6-5-12(17)18)13(19)9-3-4-11(15)10(14)7-9/h3-4,7-8H,5-6H2,1-2H3,(H,17,18). The summed E-state index contributed by atoms with van der Waals surface area (Å²) in [6.45, 7) is 3.89. The molecule has 19 heavy (non-hydrogen) atoms. The van der Waals surface area contributed by atoms with Crippen LogP contribution in [0.4, 0.5) is 0 Å². The number of benzene rings is 1. The second kappa shape index (κ2) is 6.91. The van der Waals surface area contributed by atoms with Gasteiger partial charge in [-0.15, -0.1) is 0 Å². The molecule has 1 rings (SSSR count). The number of hydrogen-bond donors (Lipinski definition) is 1. The van der Waals surface area contributed by atoms with Crippen LogP contribution in [0.5, 0.6) is 0 Å². The molecule has 0 saturated heterocycles. The third-order valence-electron chi connectivity index (χ3n) is 2.62. The van der Waals surface area contributed by atoms with Gasteiger partial charge in [0.05, 0.1) is 11.4 Å². The zero-order valence-corrected chi connectivity index (χ0v) is 13.0. The van der Waals surface area contributed by atoms with Crippen LogP contribution >= 0.6 is 27.5 Å². The molecule has 104 valence electrons. The van der Waals surface area contributed by atoms with Gasteiger partial charge in [0, 0.05) is 22.6 Å². The Balaban J connectivity index is 2.92. The largest absolute Gasteiger partial charge is 0.481 e. The molecule has 0 radical (unpaired) electrons. The molecule has 6 heteroatoms. The number of nitrogens with zero attached hydrogens (tertiary/aromatic N) is 1. The highest BCUT2D eigenvalue weighted by molar-refractivity contribution is 9.10. The summed E-state index contributed by atoms with van der Waals surface area (Å²) in [7, 11) is 0. The van der Waals surface area contributed by atoms with Crippen molar-refractivity contribution >= 4 is 39.4 Å². The molecular formula is C13H15BrClNO3. The van der Waals surface area contributed by atoms with Gasteiger partial charge >= 0.3 is 5.97 Å². The summed E-state index contributed by atoms with van der Waals surface area (Å²) in [6.07, 6.45) is -0.0708. The maximum Gasteiger partial charge on any atom is 0.305 e. The Morgan fingerprint density at radius 2 is 2.05 bits per heavy atom. The van der Waals surface area contributed by atoms with E-state index in [0.717, 1.165) is 0 Å². The van der Waals surface area contributed by atoms with Gasteiger partial charge in [0.15, 0.2) is 0 Å². The summed E-state index contributed by atoms with van der Waals surface area (Å²) >= 11 is 9.15. The molecule has 1 amide bonds. The Morgan fingerprint density at radius 1 is 1.42 bits per heavy atom. The first kappa shape index (κ1) is 16.0. The molecule has 1 aromatic rings. The van der Waals surface area contributed by atoms with E-state index in [1.54, 1.807) is 18.2 Å². The van der Waals surface area contributed by atoms with E-state index >= 15 is 0 Å². The van der Waals surface area contributed by atoms with Gasteiger partial charge in [0.25, 0.3) is 5.91 Å². The second-order valence-corrected chi connectivity index (χ2v) is 5.63. The van der Waals surface area contributed by atoms with Gasteiger partial charge in [-0.3, -0.25) is 9.59 Å². The third-order valence-corrected chi connectivity index (χ3v) is 3.83. The molecule has 4 nitrogen and oxygen atoms in total. The van der Waals surface area contributed by atoms with Gasteiger partial charge in [0.2, 0.25) is 0 Å². The zero-order chi connectivity index (χ0) is 14.6. The van der Waals surface area contributed by atoms with Crippen LogP contribution in [0.3, 0.4) is 0 Å². The number of aliphatic carboxylic acids is 1. The van der Waals surface area contributed by atoms with Crippen LogP contribution in [0.2, 0.25) is 5.02 Å². The summed E-state index contributed by atoms with van der Waals surface area (Å²) < 4.78 is 0.641. The fourth-order valence-electron chi connectivity index (χ4n) is 1.61. The molecule has 0 unspecified atom stereocenters. The maximum absolute atomic E-state index is 12.3. The predicted molar refractivity (Wildman–Crippen MR) is 77.6 cm³/mol. The monoisotopic (exact) mass is 347 g/mol. The van der Waals surface area contributed by atoms with E-state index in [-0.39, 0.29) is 24.9 Å². The lowest BCUT2D eigenvalue weighted by molar-refractivity contribution is -0.137. The summed E-state index contributed by atoms with van der Waals surface area (Å²) in [5, 5.41) is 9.24. The predicted octanol–water partition coefficient (Wildman–Crippen LogP) is 3.43. The van der Waals surface area contributed by atoms with Crippen LogP contribution in [-0.2, 0) is 4.79 Å². The van der Waals surface area contributed by atoms with Crippen LogP contribution < -0.4 is 0 Å². The normalized spacial score (nSPS) is 10.6. The minimum Gasteiger partial charge on any atom is -0.481 e. The number of amides is 1. The van der Waals surface area contributed by atoms with Crippen molar-refractivity contribution in [3.05, 3.63) is 33.3 Å². The first-order valence-corrected chi connectivity index (χ1v) is 6.98. The molecule has 0 aliphatic rings. The smallest absolute Gasteiger partial charge is 0.305 e. The minimum absolute atomic E-state index is 0.0682. The molecule has 0 spiro atoms. The van der Waals surface area contributed by atoms with E-state index in [4.69, 9.17) is 16.7 Å². The number of carbonyl (C=O) groups is 2. The Kier molecular flexibility index (Phi) is 5.82. The lowest BCUT2D eigenvalue weighted by Crippen LogP contribution is -2.38. The lowest BCUT2D eigenvalue weighted by atomic mass is 10.1. The topological polar surface area (TPSA) is 57.6 Å². The Bertz CT molecular complexity index is 491. The molecule has 1 aromatic carbocycles. The van der Waals surface area contributed by atoms with Crippen LogP contribution in [0.1, 0.15) is 30.6 Å². The maximum atomic E-state index is 12.3. The van der Waals surface area contributed by atoms with E-state index < -0.39 is 5.97 Å². The number of carboxylic acids is 1. The van der Waals surface area contributed by atoms with Crippen molar-refractivity contribution in [2.75, 3.05) is 6.54 Å². The van der Waals surface area contributed by atoms with Crippen molar-refractivity contribution in [1.29, 1.82) is 0 Å². The van der Waals surface area contributed by atoms with Gasteiger partial charge in [-0.25, -0.2) is 0 Å². The van der Waals surface area contributed by atoms with Crippen molar-refractivity contribution in [2.24, 2.45) is 0 Å². The number of hydrogen-bond acceptors (Lipinski definition) is 2. The van der Waals surface area contributed by atoms with Gasteiger partial charge in [-0.05, 0) is 48.0 Å². The fourth-order valence-corrected chi connectivity index (χ4v) is 2.10. The van der Waals surface area contributed by atoms with Gasteiger partial charge < -0.3 is 10.0 Å². The Hall–Kier alpha value is -1.07. The van der Waals surface area contributed by atoms with Crippen molar-refractivity contribution in [1.82, 2.24) is 4.90 Å². The molecule has 0 fully saturated rings. The highest BCUT2D eigenvalue weighted by Crippen LogP contribution is 2.24. The number of carbonyl (C=O) groups excluding carboxylic acids is 1. The van der Waals surface area contributed by atoms with Crippen LogP contribution in [0.15, 0.2) is 22.7 Å².